The molecule has 1 aliphatic carbocycles. The van der Waals surface area contributed by atoms with Crippen LogP contribution < -0.4 is 5.32 Å². The van der Waals surface area contributed by atoms with E-state index >= 15 is 0 Å². The van der Waals surface area contributed by atoms with E-state index in [1.165, 1.54) is 5.56 Å². The van der Waals surface area contributed by atoms with Gasteiger partial charge in [-0.1, -0.05) is 12.1 Å². The van der Waals surface area contributed by atoms with Crippen molar-refractivity contribution in [3.8, 4) is 0 Å². The van der Waals surface area contributed by atoms with Gasteiger partial charge in [-0.05, 0) is 30.4 Å². The van der Waals surface area contributed by atoms with Gasteiger partial charge in [0.25, 0.3) is 0 Å². The fraction of sp³-hybridized carbons (Fsp3) is 0.538. The van der Waals surface area contributed by atoms with Crippen LogP contribution in [0.1, 0.15) is 29.2 Å². The topological polar surface area (TPSA) is 21.3 Å². The maximum Gasteiger partial charge on any atom is 0.132 e. The molecule has 1 heterocycles. The molecule has 0 radical (unpaired) electrons. The summed E-state index contributed by atoms with van der Waals surface area (Å²) in [4.78, 5) is 0. The van der Waals surface area contributed by atoms with E-state index in [9.17, 15) is 4.39 Å². The second-order valence-corrected chi connectivity index (χ2v) is 4.52. The maximum absolute atomic E-state index is 14.3. The van der Waals surface area contributed by atoms with Crippen LogP contribution in [0.2, 0.25) is 0 Å². The van der Waals surface area contributed by atoms with Gasteiger partial charge >= 0.3 is 0 Å². The molecule has 1 fully saturated rings. The number of halogens is 1. The minimum atomic E-state index is -0.111. The highest BCUT2D eigenvalue weighted by molar-refractivity contribution is 5.38. The van der Waals surface area contributed by atoms with Crippen molar-refractivity contribution in [2.75, 3.05) is 19.7 Å². The number of morpholine rings is 1. The number of nitrogens with one attached hydrogen (secondary N) is 1. The van der Waals surface area contributed by atoms with E-state index in [4.69, 9.17) is 4.74 Å². The lowest BCUT2D eigenvalue weighted by atomic mass is 10.0. The van der Waals surface area contributed by atoms with Crippen LogP contribution in [0.25, 0.3) is 0 Å². The Kier molecular flexibility index (Phi) is 2.65. The SMILES string of the molecule is Fc1c(C2CNCCO2)ccc2c1CCC2. The predicted molar refractivity (Wildman–Crippen MR) is 60.0 cm³/mol. The van der Waals surface area contributed by atoms with Crippen molar-refractivity contribution in [2.24, 2.45) is 0 Å². The summed E-state index contributed by atoms with van der Waals surface area (Å²) in [6.45, 7) is 2.25. The first-order valence-corrected chi connectivity index (χ1v) is 5.99. The summed E-state index contributed by atoms with van der Waals surface area (Å²) in [6, 6.07) is 3.97. The largest absolute Gasteiger partial charge is 0.371 e. The summed E-state index contributed by atoms with van der Waals surface area (Å²) in [6.07, 6.45) is 2.88. The number of benzene rings is 1. The minimum absolute atomic E-state index is 0.0244. The van der Waals surface area contributed by atoms with Crippen molar-refractivity contribution < 1.29 is 9.13 Å². The lowest BCUT2D eigenvalue weighted by molar-refractivity contribution is 0.0254. The minimum Gasteiger partial charge on any atom is -0.371 e. The molecule has 1 unspecified atom stereocenters. The fourth-order valence-electron chi connectivity index (χ4n) is 2.65. The third-order valence-corrected chi connectivity index (χ3v) is 3.52. The molecule has 1 atom stereocenters. The zero-order chi connectivity index (χ0) is 11.0. The Hall–Kier alpha value is -0.930. The molecule has 0 bridgehead atoms. The zero-order valence-corrected chi connectivity index (χ0v) is 9.26. The molecule has 0 saturated carbocycles. The van der Waals surface area contributed by atoms with Gasteiger partial charge in [0.2, 0.25) is 0 Å². The smallest absolute Gasteiger partial charge is 0.132 e. The van der Waals surface area contributed by atoms with Crippen LogP contribution in [0.4, 0.5) is 4.39 Å². The molecule has 1 aliphatic heterocycles. The summed E-state index contributed by atoms with van der Waals surface area (Å²) in [5, 5.41) is 3.24. The van der Waals surface area contributed by atoms with E-state index in [0.717, 1.165) is 43.5 Å². The Morgan fingerprint density at radius 2 is 2.25 bits per heavy atom. The first-order chi connectivity index (χ1) is 7.86. The van der Waals surface area contributed by atoms with Gasteiger partial charge in [-0.15, -0.1) is 0 Å². The Bertz CT molecular complexity index is 399. The van der Waals surface area contributed by atoms with Crippen LogP contribution in [0, 0.1) is 5.82 Å². The molecular formula is C13H16FNO. The lowest BCUT2D eigenvalue weighted by Gasteiger charge is -2.25. The molecule has 2 aliphatic rings. The molecule has 0 spiro atoms. The molecule has 3 heteroatoms. The fourth-order valence-corrected chi connectivity index (χ4v) is 2.65. The zero-order valence-electron chi connectivity index (χ0n) is 9.26. The van der Waals surface area contributed by atoms with Crippen LogP contribution in [0.15, 0.2) is 12.1 Å². The van der Waals surface area contributed by atoms with Gasteiger partial charge < -0.3 is 10.1 Å². The molecule has 86 valence electrons. The van der Waals surface area contributed by atoms with Gasteiger partial charge in [0.1, 0.15) is 5.82 Å². The number of hydrogen-bond donors (Lipinski definition) is 1. The highest BCUT2D eigenvalue weighted by Crippen LogP contribution is 2.30. The number of fused-ring (bicyclic) bond motifs is 1. The van der Waals surface area contributed by atoms with E-state index in [0.29, 0.717) is 6.61 Å². The number of aryl methyl sites for hydroxylation is 1. The predicted octanol–water partition coefficient (Wildman–Crippen LogP) is 1.98. The summed E-state index contributed by atoms with van der Waals surface area (Å²) < 4.78 is 19.9. The summed E-state index contributed by atoms with van der Waals surface area (Å²) in [5.41, 5.74) is 2.84. The van der Waals surface area contributed by atoms with Crippen LogP contribution in [0.3, 0.4) is 0 Å². The number of rotatable bonds is 1. The molecule has 3 rings (SSSR count). The second-order valence-electron chi connectivity index (χ2n) is 4.52. The Labute approximate surface area is 94.8 Å². The molecule has 1 N–H and O–H groups in total. The monoisotopic (exact) mass is 221 g/mol. The summed E-state index contributed by atoms with van der Waals surface area (Å²) in [5.74, 6) is -0.0244. The van der Waals surface area contributed by atoms with Crippen molar-refractivity contribution in [1.29, 1.82) is 0 Å². The van der Waals surface area contributed by atoms with Gasteiger partial charge in [0.15, 0.2) is 0 Å². The Morgan fingerprint density at radius 3 is 3.06 bits per heavy atom. The Balaban J connectivity index is 1.95. The normalized spacial score (nSPS) is 24.4. The van der Waals surface area contributed by atoms with Crippen LogP contribution >= 0.6 is 0 Å². The third-order valence-electron chi connectivity index (χ3n) is 3.52. The number of ether oxygens (including phenoxy) is 1. The van der Waals surface area contributed by atoms with Crippen LogP contribution in [-0.2, 0) is 17.6 Å². The highest BCUT2D eigenvalue weighted by Gasteiger charge is 2.24. The molecule has 0 amide bonds. The molecular weight excluding hydrogens is 205 g/mol. The maximum atomic E-state index is 14.3. The van der Waals surface area contributed by atoms with Crippen molar-refractivity contribution in [3.63, 3.8) is 0 Å². The van der Waals surface area contributed by atoms with Crippen molar-refractivity contribution in [1.82, 2.24) is 5.32 Å². The number of hydrogen-bond acceptors (Lipinski definition) is 2. The van der Waals surface area contributed by atoms with Gasteiger partial charge in [-0.25, -0.2) is 4.39 Å². The third kappa shape index (κ3) is 1.64. The van der Waals surface area contributed by atoms with Crippen molar-refractivity contribution >= 4 is 0 Å². The van der Waals surface area contributed by atoms with Crippen molar-refractivity contribution in [2.45, 2.75) is 25.4 Å². The average Bonchev–Trinajstić information content (AvgIpc) is 2.80. The van der Waals surface area contributed by atoms with Gasteiger partial charge in [0.05, 0.1) is 12.7 Å². The van der Waals surface area contributed by atoms with Crippen molar-refractivity contribution in [3.05, 3.63) is 34.6 Å². The van der Waals surface area contributed by atoms with E-state index in [2.05, 4.69) is 11.4 Å². The second kappa shape index (κ2) is 4.15. The molecule has 1 aromatic carbocycles. The quantitative estimate of drug-likeness (QED) is 0.783. The summed E-state index contributed by atoms with van der Waals surface area (Å²) in [7, 11) is 0. The molecule has 1 saturated heterocycles. The molecule has 16 heavy (non-hydrogen) atoms. The first kappa shape index (κ1) is 10.2. The van der Waals surface area contributed by atoms with Crippen LogP contribution in [0.5, 0.6) is 0 Å². The van der Waals surface area contributed by atoms with E-state index in [-0.39, 0.29) is 11.9 Å². The standard InChI is InChI=1S/C13H16FNO/c14-13-10-3-1-2-9(10)4-5-11(13)12-8-15-6-7-16-12/h4-5,12,15H,1-3,6-8H2. The molecule has 0 aromatic heterocycles. The van der Waals surface area contributed by atoms with E-state index in [1.807, 2.05) is 6.07 Å². The Morgan fingerprint density at radius 1 is 1.31 bits per heavy atom. The van der Waals surface area contributed by atoms with Gasteiger partial charge in [-0.3, -0.25) is 0 Å². The average molecular weight is 221 g/mol. The van der Waals surface area contributed by atoms with Gasteiger partial charge in [0, 0.05) is 18.7 Å². The van der Waals surface area contributed by atoms with E-state index < -0.39 is 0 Å². The molecule has 1 aromatic rings. The van der Waals surface area contributed by atoms with Crippen LogP contribution in [-0.4, -0.2) is 19.7 Å². The highest BCUT2D eigenvalue weighted by atomic mass is 19.1. The van der Waals surface area contributed by atoms with Gasteiger partial charge in [-0.2, -0.15) is 0 Å². The summed E-state index contributed by atoms with van der Waals surface area (Å²) >= 11 is 0. The molecule has 2 nitrogen and oxygen atoms in total. The lowest BCUT2D eigenvalue weighted by Crippen LogP contribution is -2.33. The first-order valence-electron chi connectivity index (χ1n) is 5.99. The van der Waals surface area contributed by atoms with E-state index in [1.54, 1.807) is 0 Å².